The topological polar surface area (TPSA) is 118 Å². The Morgan fingerprint density at radius 1 is 1.29 bits per heavy atom. The predicted molar refractivity (Wildman–Crippen MR) is 135 cm³/mol. The monoisotopic (exact) mass is 516 g/mol. The maximum absolute atomic E-state index is 13.0. The average Bonchev–Trinajstić information content (AvgIpc) is 3.36. The molecule has 1 aliphatic rings. The summed E-state index contributed by atoms with van der Waals surface area (Å²) >= 11 is 7.77. The second kappa shape index (κ2) is 10.9. The first kappa shape index (κ1) is 25.3. The molecule has 1 saturated carbocycles. The van der Waals surface area contributed by atoms with E-state index in [4.69, 9.17) is 16.1 Å². The fraction of sp³-hybridized carbons (Fsp3) is 0.480. The van der Waals surface area contributed by atoms with Crippen LogP contribution in [-0.2, 0) is 16.0 Å². The summed E-state index contributed by atoms with van der Waals surface area (Å²) < 4.78 is 5.78. The third-order valence-corrected chi connectivity index (χ3v) is 7.17. The van der Waals surface area contributed by atoms with Gasteiger partial charge in [-0.05, 0) is 55.7 Å². The summed E-state index contributed by atoms with van der Waals surface area (Å²) in [4.78, 5) is 24.3. The molecule has 186 valence electrons. The lowest BCUT2D eigenvalue weighted by molar-refractivity contribution is -0.137. The highest BCUT2D eigenvalue weighted by Gasteiger charge is 2.37. The first-order valence-electron chi connectivity index (χ1n) is 11.8. The van der Waals surface area contributed by atoms with Crippen LogP contribution in [0.4, 0.5) is 5.69 Å². The van der Waals surface area contributed by atoms with Gasteiger partial charge in [0.2, 0.25) is 11.7 Å². The number of carboxylic acids is 1. The average molecular weight is 517 g/mol. The van der Waals surface area contributed by atoms with Gasteiger partial charge in [-0.15, -0.1) is 10.2 Å². The van der Waals surface area contributed by atoms with E-state index in [2.05, 4.69) is 34.5 Å². The fourth-order valence-corrected chi connectivity index (χ4v) is 5.41. The Morgan fingerprint density at radius 3 is 2.71 bits per heavy atom. The Hall–Kier alpha value is -2.78. The van der Waals surface area contributed by atoms with E-state index in [1.807, 2.05) is 13.0 Å². The number of aromatic nitrogens is 3. The van der Waals surface area contributed by atoms with Crippen LogP contribution < -0.4 is 5.32 Å². The van der Waals surface area contributed by atoms with Crippen LogP contribution in [-0.4, -0.2) is 32.3 Å². The zero-order valence-corrected chi connectivity index (χ0v) is 21.6. The number of carbonyl (C=O) groups is 2. The molecule has 1 aliphatic carbocycles. The van der Waals surface area contributed by atoms with Crippen LogP contribution >= 0.6 is 22.9 Å². The standard InChI is InChI=1S/C25H29ClN4O4S/c1-13(2)10-20-28-29-25(35-20)24-22(15-5-6-15)23(30-34-24)16(7-9-21(32)33)12-19(31)27-18-8-4-14(3)11-17(18)26/h4,8,11,13,15-16H,5-7,9-10,12H2,1-3H3,(H,27,31)(H,32,33)/t16-/m0/s1. The number of hydrogen-bond acceptors (Lipinski definition) is 7. The normalized spacial score (nSPS) is 14.3. The van der Waals surface area contributed by atoms with Crippen molar-refractivity contribution in [2.75, 3.05) is 5.32 Å². The van der Waals surface area contributed by atoms with Crippen molar-refractivity contribution in [3.8, 4) is 10.8 Å². The number of amides is 1. The SMILES string of the molecule is Cc1ccc(NC(=O)C[C@H](CCC(=O)O)c2noc(-c3nnc(CC(C)C)s3)c2C2CC2)c(Cl)c1. The lowest BCUT2D eigenvalue weighted by atomic mass is 9.90. The van der Waals surface area contributed by atoms with Crippen LogP contribution in [0.15, 0.2) is 22.7 Å². The van der Waals surface area contributed by atoms with Crippen molar-refractivity contribution in [1.29, 1.82) is 0 Å². The minimum atomic E-state index is -0.920. The molecular formula is C25H29ClN4O4S. The number of halogens is 1. The molecule has 2 heterocycles. The number of anilines is 1. The third-order valence-electron chi connectivity index (χ3n) is 5.91. The van der Waals surface area contributed by atoms with Crippen LogP contribution in [0.25, 0.3) is 10.8 Å². The van der Waals surface area contributed by atoms with Gasteiger partial charge in [-0.2, -0.15) is 0 Å². The Balaban J connectivity index is 1.60. The number of benzene rings is 1. The summed E-state index contributed by atoms with van der Waals surface area (Å²) in [6.45, 7) is 6.18. The van der Waals surface area contributed by atoms with Crippen molar-refractivity contribution in [1.82, 2.24) is 15.4 Å². The molecule has 4 rings (SSSR count). The Labute approximate surface area is 213 Å². The van der Waals surface area contributed by atoms with Crippen LogP contribution in [0.5, 0.6) is 0 Å². The zero-order valence-electron chi connectivity index (χ0n) is 20.0. The smallest absolute Gasteiger partial charge is 0.303 e. The van der Waals surface area contributed by atoms with Gasteiger partial charge in [0.25, 0.3) is 0 Å². The summed E-state index contributed by atoms with van der Waals surface area (Å²) in [5.41, 5.74) is 3.10. The molecule has 10 heteroatoms. The van der Waals surface area contributed by atoms with Gasteiger partial charge in [0.15, 0.2) is 5.01 Å². The molecule has 8 nitrogen and oxygen atoms in total. The van der Waals surface area contributed by atoms with E-state index < -0.39 is 11.9 Å². The molecule has 0 bridgehead atoms. The Bertz CT molecular complexity index is 1220. The van der Waals surface area contributed by atoms with Crippen LogP contribution in [0.3, 0.4) is 0 Å². The van der Waals surface area contributed by atoms with Gasteiger partial charge in [-0.3, -0.25) is 9.59 Å². The summed E-state index contributed by atoms with van der Waals surface area (Å²) in [6, 6.07) is 5.41. The van der Waals surface area contributed by atoms with Crippen LogP contribution in [0, 0.1) is 12.8 Å². The minimum Gasteiger partial charge on any atom is -0.481 e. The zero-order chi connectivity index (χ0) is 25.1. The van der Waals surface area contributed by atoms with Crippen molar-refractivity contribution < 1.29 is 19.2 Å². The number of nitrogens with zero attached hydrogens (tertiary/aromatic N) is 3. The maximum atomic E-state index is 13.0. The number of hydrogen-bond donors (Lipinski definition) is 2. The van der Waals surface area contributed by atoms with Gasteiger partial charge in [-0.25, -0.2) is 0 Å². The van der Waals surface area contributed by atoms with E-state index in [1.165, 1.54) is 11.3 Å². The largest absolute Gasteiger partial charge is 0.481 e. The molecular weight excluding hydrogens is 488 g/mol. The van der Waals surface area contributed by atoms with Gasteiger partial charge < -0.3 is 14.9 Å². The second-order valence-electron chi connectivity index (χ2n) is 9.55. The summed E-state index contributed by atoms with van der Waals surface area (Å²) in [5.74, 6) is -0.261. The van der Waals surface area contributed by atoms with E-state index in [9.17, 15) is 14.7 Å². The quantitative estimate of drug-likeness (QED) is 0.311. The first-order chi connectivity index (χ1) is 16.7. The molecule has 2 N–H and O–H groups in total. The molecule has 0 aliphatic heterocycles. The number of carboxylic acid groups (broad SMARTS) is 1. The molecule has 0 saturated heterocycles. The summed E-state index contributed by atoms with van der Waals surface area (Å²) in [7, 11) is 0. The minimum absolute atomic E-state index is 0.0674. The third kappa shape index (κ3) is 6.46. The van der Waals surface area contributed by atoms with Gasteiger partial charge in [0, 0.05) is 30.7 Å². The number of carbonyl (C=O) groups excluding carboxylic acids is 1. The molecule has 1 amide bonds. The Kier molecular flexibility index (Phi) is 7.86. The van der Waals surface area contributed by atoms with E-state index in [0.717, 1.165) is 35.4 Å². The van der Waals surface area contributed by atoms with Crippen LogP contribution in [0.2, 0.25) is 5.02 Å². The summed E-state index contributed by atoms with van der Waals surface area (Å²) in [6.07, 6.45) is 3.08. The number of nitrogens with one attached hydrogen (secondary N) is 1. The second-order valence-corrected chi connectivity index (χ2v) is 11.0. The van der Waals surface area contributed by atoms with Crippen molar-refractivity contribution >= 4 is 40.5 Å². The van der Waals surface area contributed by atoms with Gasteiger partial charge in [-0.1, -0.05) is 48.0 Å². The number of rotatable bonds is 11. The van der Waals surface area contributed by atoms with Crippen molar-refractivity contribution in [3.05, 3.63) is 45.1 Å². The lowest BCUT2D eigenvalue weighted by Crippen LogP contribution is -2.17. The van der Waals surface area contributed by atoms with Crippen molar-refractivity contribution in [3.63, 3.8) is 0 Å². The molecule has 1 atom stereocenters. The van der Waals surface area contributed by atoms with Gasteiger partial charge in [0.1, 0.15) is 5.01 Å². The molecule has 35 heavy (non-hydrogen) atoms. The van der Waals surface area contributed by atoms with E-state index in [1.54, 1.807) is 12.1 Å². The predicted octanol–water partition coefficient (Wildman–Crippen LogP) is 6.21. The maximum Gasteiger partial charge on any atom is 0.303 e. The van der Waals surface area contributed by atoms with Crippen LogP contribution in [0.1, 0.15) is 79.6 Å². The highest BCUT2D eigenvalue weighted by atomic mass is 35.5. The first-order valence-corrected chi connectivity index (χ1v) is 13.0. The van der Waals surface area contributed by atoms with E-state index in [0.29, 0.717) is 33.1 Å². The molecule has 0 spiro atoms. The molecule has 2 aromatic heterocycles. The van der Waals surface area contributed by atoms with Crippen molar-refractivity contribution in [2.45, 2.75) is 71.1 Å². The molecule has 0 unspecified atom stereocenters. The van der Waals surface area contributed by atoms with Gasteiger partial charge >= 0.3 is 5.97 Å². The highest BCUT2D eigenvalue weighted by molar-refractivity contribution is 7.14. The highest BCUT2D eigenvalue weighted by Crippen LogP contribution is 2.49. The molecule has 3 aromatic rings. The van der Waals surface area contributed by atoms with E-state index >= 15 is 0 Å². The lowest BCUT2D eigenvalue weighted by Gasteiger charge is -2.16. The van der Waals surface area contributed by atoms with E-state index in [-0.39, 0.29) is 31.1 Å². The fourth-order valence-electron chi connectivity index (χ4n) is 4.08. The summed E-state index contributed by atoms with van der Waals surface area (Å²) in [5, 5.41) is 27.2. The molecule has 1 fully saturated rings. The van der Waals surface area contributed by atoms with Gasteiger partial charge in [0.05, 0.1) is 16.4 Å². The molecule has 1 aromatic carbocycles. The van der Waals surface area contributed by atoms with Crippen molar-refractivity contribution in [2.24, 2.45) is 5.92 Å². The number of aliphatic carboxylic acids is 1. The Morgan fingerprint density at radius 2 is 2.06 bits per heavy atom. The molecule has 0 radical (unpaired) electrons. The number of aryl methyl sites for hydroxylation is 1.